The van der Waals surface area contributed by atoms with E-state index in [1.165, 1.54) is 11.8 Å². The average molecular weight is 357 g/mol. The maximum atomic E-state index is 12.5. The van der Waals surface area contributed by atoms with Gasteiger partial charge in [-0.25, -0.2) is 4.79 Å². The second-order valence-electron chi connectivity index (χ2n) is 5.69. The van der Waals surface area contributed by atoms with Gasteiger partial charge in [-0.3, -0.25) is 9.59 Å². The summed E-state index contributed by atoms with van der Waals surface area (Å²) in [6.45, 7) is 1.47. The summed E-state index contributed by atoms with van der Waals surface area (Å²) in [7, 11) is 0. The van der Waals surface area contributed by atoms with Crippen LogP contribution in [0.2, 0.25) is 0 Å². The van der Waals surface area contributed by atoms with Gasteiger partial charge in [0.1, 0.15) is 0 Å². The molecule has 0 bridgehead atoms. The van der Waals surface area contributed by atoms with E-state index >= 15 is 0 Å². The first-order valence-electron chi connectivity index (χ1n) is 7.71. The van der Waals surface area contributed by atoms with Crippen LogP contribution in [-0.4, -0.2) is 59.9 Å². The van der Waals surface area contributed by atoms with E-state index in [-0.39, 0.29) is 38.4 Å². The quantitative estimate of drug-likeness (QED) is 0.827. The van der Waals surface area contributed by atoms with Crippen molar-refractivity contribution in [2.75, 3.05) is 31.5 Å². The molecule has 25 heavy (non-hydrogen) atoms. The number of rotatable bonds is 2. The van der Waals surface area contributed by atoms with Crippen LogP contribution >= 0.6 is 0 Å². The molecule has 1 fully saturated rings. The first-order chi connectivity index (χ1) is 11.7. The lowest BCUT2D eigenvalue weighted by molar-refractivity contribution is -0.185. The molecule has 0 saturated carbocycles. The number of anilines is 1. The van der Waals surface area contributed by atoms with Crippen LogP contribution in [0.25, 0.3) is 0 Å². The predicted molar refractivity (Wildman–Crippen MR) is 84.3 cm³/mol. The largest absolute Gasteiger partial charge is 0.471 e. The topological polar surface area (TPSA) is 69.7 Å². The maximum absolute atomic E-state index is 12.5. The Morgan fingerprint density at radius 3 is 2.08 bits per heavy atom. The van der Waals surface area contributed by atoms with E-state index in [0.29, 0.717) is 11.3 Å². The third kappa shape index (κ3) is 4.94. The van der Waals surface area contributed by atoms with Crippen LogP contribution in [-0.2, 0) is 4.79 Å². The van der Waals surface area contributed by atoms with Gasteiger partial charge in [-0.05, 0) is 37.6 Å². The van der Waals surface area contributed by atoms with Gasteiger partial charge >= 0.3 is 18.1 Å². The molecule has 1 saturated heterocycles. The highest BCUT2D eigenvalue weighted by Crippen LogP contribution is 2.20. The number of urea groups is 1. The number of halogens is 3. The molecule has 3 amide bonds. The monoisotopic (exact) mass is 357 g/mol. The molecule has 0 unspecified atom stereocenters. The molecule has 9 heteroatoms. The zero-order chi connectivity index (χ0) is 18.6. The second-order valence-corrected chi connectivity index (χ2v) is 5.69. The van der Waals surface area contributed by atoms with Crippen LogP contribution in [0.4, 0.5) is 23.7 Å². The fourth-order valence-corrected chi connectivity index (χ4v) is 2.49. The summed E-state index contributed by atoms with van der Waals surface area (Å²) in [4.78, 5) is 36.8. The number of carbonyl (C=O) groups excluding carboxylic acids is 3. The van der Waals surface area contributed by atoms with Gasteiger partial charge in [-0.2, -0.15) is 13.2 Å². The van der Waals surface area contributed by atoms with Crippen molar-refractivity contribution in [2.45, 2.75) is 19.5 Å². The van der Waals surface area contributed by atoms with Crippen molar-refractivity contribution in [3.05, 3.63) is 29.8 Å². The van der Waals surface area contributed by atoms with Gasteiger partial charge in [0.15, 0.2) is 5.78 Å². The Morgan fingerprint density at radius 1 is 0.960 bits per heavy atom. The van der Waals surface area contributed by atoms with E-state index in [4.69, 9.17) is 0 Å². The Balaban J connectivity index is 1.94. The van der Waals surface area contributed by atoms with Gasteiger partial charge in [0.25, 0.3) is 0 Å². The summed E-state index contributed by atoms with van der Waals surface area (Å²) in [5.41, 5.74) is 0.983. The van der Waals surface area contributed by atoms with Gasteiger partial charge < -0.3 is 15.1 Å². The van der Waals surface area contributed by atoms with E-state index in [1.54, 1.807) is 24.3 Å². The lowest BCUT2D eigenvalue weighted by Crippen LogP contribution is -2.44. The maximum Gasteiger partial charge on any atom is 0.471 e. The number of ketones is 1. The van der Waals surface area contributed by atoms with Gasteiger partial charge in [0, 0.05) is 37.4 Å². The van der Waals surface area contributed by atoms with E-state index < -0.39 is 18.1 Å². The average Bonchev–Trinajstić information content (AvgIpc) is 2.79. The molecule has 0 aliphatic carbocycles. The van der Waals surface area contributed by atoms with Gasteiger partial charge in [0.05, 0.1) is 0 Å². The minimum atomic E-state index is -4.91. The molecule has 1 aromatic carbocycles. The Hall–Kier alpha value is -2.58. The molecule has 0 aromatic heterocycles. The molecule has 1 aliphatic rings. The number of carbonyl (C=O) groups is 3. The Labute approximate surface area is 142 Å². The lowest BCUT2D eigenvalue weighted by atomic mass is 10.1. The summed E-state index contributed by atoms with van der Waals surface area (Å²) in [5, 5.41) is 2.63. The van der Waals surface area contributed by atoms with Crippen molar-refractivity contribution < 1.29 is 27.6 Å². The summed E-state index contributed by atoms with van der Waals surface area (Å²) in [6.07, 6.45) is -4.64. The number of nitrogens with zero attached hydrogens (tertiary/aromatic N) is 2. The SMILES string of the molecule is CC(=O)c1ccc(NC(=O)N2CCCN(C(=O)C(F)(F)F)CC2)cc1. The highest BCUT2D eigenvalue weighted by atomic mass is 19.4. The van der Waals surface area contributed by atoms with Crippen LogP contribution in [0.15, 0.2) is 24.3 Å². The normalized spacial score (nSPS) is 15.5. The van der Waals surface area contributed by atoms with Crippen LogP contribution in [0.5, 0.6) is 0 Å². The van der Waals surface area contributed by atoms with Gasteiger partial charge in [-0.15, -0.1) is 0 Å². The number of hydrogen-bond acceptors (Lipinski definition) is 3. The predicted octanol–water partition coefficient (Wildman–Crippen LogP) is 2.52. The van der Waals surface area contributed by atoms with Gasteiger partial charge in [0.2, 0.25) is 0 Å². The Kier molecular flexibility index (Phi) is 5.66. The highest BCUT2D eigenvalue weighted by molar-refractivity contribution is 5.95. The second kappa shape index (κ2) is 7.54. The van der Waals surface area contributed by atoms with Crippen molar-refractivity contribution >= 4 is 23.4 Å². The zero-order valence-electron chi connectivity index (χ0n) is 13.6. The molecule has 0 radical (unpaired) electrons. The van der Waals surface area contributed by atoms with E-state index in [1.807, 2.05) is 0 Å². The van der Waals surface area contributed by atoms with Crippen LogP contribution in [0.1, 0.15) is 23.7 Å². The smallest absolute Gasteiger partial charge is 0.333 e. The molecule has 0 atom stereocenters. The number of alkyl halides is 3. The summed E-state index contributed by atoms with van der Waals surface area (Å²) >= 11 is 0. The molecule has 0 spiro atoms. The number of amides is 3. The first-order valence-corrected chi connectivity index (χ1v) is 7.71. The fourth-order valence-electron chi connectivity index (χ4n) is 2.49. The Bertz CT molecular complexity index is 659. The molecule has 1 aliphatic heterocycles. The van der Waals surface area contributed by atoms with Crippen molar-refractivity contribution in [3.8, 4) is 0 Å². The minimum Gasteiger partial charge on any atom is -0.333 e. The van der Waals surface area contributed by atoms with Gasteiger partial charge in [-0.1, -0.05) is 0 Å². The zero-order valence-corrected chi connectivity index (χ0v) is 13.6. The molecule has 6 nitrogen and oxygen atoms in total. The van der Waals surface area contributed by atoms with Crippen LogP contribution in [0.3, 0.4) is 0 Å². The van der Waals surface area contributed by atoms with Crippen molar-refractivity contribution in [1.29, 1.82) is 0 Å². The van der Waals surface area contributed by atoms with Crippen LogP contribution in [0, 0.1) is 0 Å². The fraction of sp³-hybridized carbons (Fsp3) is 0.438. The molecule has 136 valence electrons. The van der Waals surface area contributed by atoms with Crippen LogP contribution < -0.4 is 5.32 Å². The van der Waals surface area contributed by atoms with Crippen molar-refractivity contribution in [1.82, 2.24) is 9.80 Å². The standard InChI is InChI=1S/C16H18F3N3O3/c1-11(23)12-3-5-13(6-4-12)20-15(25)22-8-2-7-21(9-10-22)14(24)16(17,18)19/h3-6H,2,7-10H2,1H3,(H,20,25). The number of nitrogens with one attached hydrogen (secondary N) is 1. The number of Topliss-reactive ketones (excluding diaryl/α,β-unsaturated/α-hetero) is 1. The molecule has 1 heterocycles. The van der Waals surface area contributed by atoms with E-state index in [9.17, 15) is 27.6 Å². The molecular weight excluding hydrogens is 339 g/mol. The number of hydrogen-bond donors (Lipinski definition) is 1. The number of benzene rings is 1. The minimum absolute atomic E-state index is 0.0131. The first kappa shape index (κ1) is 18.8. The van der Waals surface area contributed by atoms with E-state index in [2.05, 4.69) is 5.32 Å². The molecule has 2 rings (SSSR count). The lowest BCUT2D eigenvalue weighted by Gasteiger charge is -2.23. The van der Waals surface area contributed by atoms with Crippen molar-refractivity contribution in [2.24, 2.45) is 0 Å². The van der Waals surface area contributed by atoms with E-state index in [0.717, 1.165) is 4.90 Å². The summed E-state index contributed by atoms with van der Waals surface area (Å²) in [5.74, 6) is -1.98. The highest BCUT2D eigenvalue weighted by Gasteiger charge is 2.42. The molecular formula is C16H18F3N3O3. The Morgan fingerprint density at radius 2 is 1.52 bits per heavy atom. The summed E-state index contributed by atoms with van der Waals surface area (Å²) in [6, 6.07) is 5.84. The molecule has 1 N–H and O–H groups in total. The third-order valence-electron chi connectivity index (χ3n) is 3.86. The third-order valence-corrected chi connectivity index (χ3v) is 3.86. The summed E-state index contributed by atoms with van der Waals surface area (Å²) < 4.78 is 37.5. The molecule has 1 aromatic rings. The van der Waals surface area contributed by atoms with Crippen molar-refractivity contribution in [3.63, 3.8) is 0 Å².